The normalized spacial score (nSPS) is 18.7. The lowest BCUT2D eigenvalue weighted by atomic mass is 10.2. The fraction of sp³-hybridized carbons (Fsp3) is 0.625. The Labute approximate surface area is 127 Å². The molecule has 2 heterocycles. The van der Waals surface area contributed by atoms with E-state index in [2.05, 4.69) is 34.4 Å². The minimum atomic E-state index is -0.0149. The van der Waals surface area contributed by atoms with Crippen molar-refractivity contribution in [2.75, 3.05) is 31.5 Å². The predicted molar refractivity (Wildman–Crippen MR) is 85.6 cm³/mol. The second-order valence-electron chi connectivity index (χ2n) is 5.48. The van der Waals surface area contributed by atoms with Crippen molar-refractivity contribution in [2.24, 2.45) is 0 Å². The molecular formula is C16H26N4O. The van der Waals surface area contributed by atoms with Crippen LogP contribution >= 0.6 is 0 Å². The van der Waals surface area contributed by atoms with Crippen molar-refractivity contribution >= 4 is 11.6 Å². The van der Waals surface area contributed by atoms with Crippen LogP contribution < -0.4 is 10.6 Å². The number of aromatic nitrogens is 1. The molecule has 0 bridgehead atoms. The molecule has 116 valence electrons. The third kappa shape index (κ3) is 4.17. The van der Waals surface area contributed by atoms with Crippen molar-refractivity contribution in [1.82, 2.24) is 15.2 Å². The van der Waals surface area contributed by atoms with Crippen molar-refractivity contribution < 1.29 is 4.79 Å². The molecule has 1 aliphatic heterocycles. The summed E-state index contributed by atoms with van der Waals surface area (Å²) in [4.78, 5) is 18.9. The van der Waals surface area contributed by atoms with E-state index >= 15 is 0 Å². The molecule has 1 aromatic heterocycles. The Bertz CT molecular complexity index is 463. The first kappa shape index (κ1) is 15.8. The second-order valence-corrected chi connectivity index (χ2v) is 5.48. The Hall–Kier alpha value is -1.62. The van der Waals surface area contributed by atoms with Gasteiger partial charge in [0.05, 0.1) is 17.4 Å². The second kappa shape index (κ2) is 7.98. The number of anilines is 1. The summed E-state index contributed by atoms with van der Waals surface area (Å²) >= 11 is 0. The number of likely N-dealkylation sites (N-methyl/N-ethyl adjacent to an activating group) is 1. The first-order valence-electron chi connectivity index (χ1n) is 7.96. The number of nitrogens with zero attached hydrogens (tertiary/aromatic N) is 2. The van der Waals surface area contributed by atoms with E-state index in [1.807, 2.05) is 0 Å². The van der Waals surface area contributed by atoms with Gasteiger partial charge in [0.1, 0.15) is 0 Å². The lowest BCUT2D eigenvalue weighted by Gasteiger charge is -2.23. The lowest BCUT2D eigenvalue weighted by Crippen LogP contribution is -2.40. The minimum absolute atomic E-state index is 0.0149. The summed E-state index contributed by atoms with van der Waals surface area (Å²) in [6, 6.07) is 2.26. The molecule has 0 aromatic carbocycles. The number of rotatable bonds is 7. The van der Waals surface area contributed by atoms with Crippen LogP contribution in [-0.4, -0.2) is 48.0 Å². The van der Waals surface area contributed by atoms with E-state index < -0.39 is 0 Å². The molecule has 5 nitrogen and oxygen atoms in total. The van der Waals surface area contributed by atoms with Crippen molar-refractivity contribution in [1.29, 1.82) is 0 Å². The quantitative estimate of drug-likeness (QED) is 0.807. The zero-order valence-electron chi connectivity index (χ0n) is 13.1. The summed E-state index contributed by atoms with van der Waals surface area (Å²) in [7, 11) is 0. The SMILES string of the molecule is CCCNc1cnccc1C(=O)NCC1CCCN1CC. The zero-order chi connectivity index (χ0) is 15.1. The number of likely N-dealkylation sites (tertiary alicyclic amines) is 1. The van der Waals surface area contributed by atoms with Crippen LogP contribution in [-0.2, 0) is 0 Å². The van der Waals surface area contributed by atoms with Gasteiger partial charge in [-0.15, -0.1) is 0 Å². The van der Waals surface area contributed by atoms with Gasteiger partial charge in [-0.2, -0.15) is 0 Å². The molecule has 1 fully saturated rings. The maximum atomic E-state index is 12.4. The van der Waals surface area contributed by atoms with E-state index in [0.29, 0.717) is 11.6 Å². The van der Waals surface area contributed by atoms with E-state index in [9.17, 15) is 4.79 Å². The molecule has 1 aromatic rings. The van der Waals surface area contributed by atoms with Crippen LogP contribution in [0.3, 0.4) is 0 Å². The molecule has 21 heavy (non-hydrogen) atoms. The average Bonchev–Trinajstić information content (AvgIpc) is 2.98. The predicted octanol–water partition coefficient (Wildman–Crippen LogP) is 2.12. The van der Waals surface area contributed by atoms with Crippen LogP contribution in [0.25, 0.3) is 0 Å². The van der Waals surface area contributed by atoms with Gasteiger partial charge in [0, 0.05) is 25.3 Å². The summed E-state index contributed by atoms with van der Waals surface area (Å²) in [5.41, 5.74) is 1.50. The van der Waals surface area contributed by atoms with Crippen molar-refractivity contribution in [3.8, 4) is 0 Å². The molecule has 1 saturated heterocycles. The molecule has 0 aliphatic carbocycles. The number of carbonyl (C=O) groups is 1. The molecule has 1 aliphatic rings. The molecule has 5 heteroatoms. The number of nitrogens with one attached hydrogen (secondary N) is 2. The average molecular weight is 290 g/mol. The maximum Gasteiger partial charge on any atom is 0.253 e. The fourth-order valence-corrected chi connectivity index (χ4v) is 2.84. The van der Waals surface area contributed by atoms with Gasteiger partial charge >= 0.3 is 0 Å². The van der Waals surface area contributed by atoms with Crippen LogP contribution in [0, 0.1) is 0 Å². The molecule has 2 rings (SSSR count). The fourth-order valence-electron chi connectivity index (χ4n) is 2.84. The van der Waals surface area contributed by atoms with Crippen LogP contribution in [0.4, 0.5) is 5.69 Å². The third-order valence-electron chi connectivity index (χ3n) is 4.03. The Kier molecular flexibility index (Phi) is 5.99. The van der Waals surface area contributed by atoms with Gasteiger partial charge in [-0.3, -0.25) is 14.7 Å². The highest BCUT2D eigenvalue weighted by atomic mass is 16.1. The highest BCUT2D eigenvalue weighted by Crippen LogP contribution is 2.17. The molecule has 0 spiro atoms. The van der Waals surface area contributed by atoms with E-state index in [-0.39, 0.29) is 5.91 Å². The maximum absolute atomic E-state index is 12.4. The Morgan fingerprint density at radius 1 is 1.48 bits per heavy atom. The largest absolute Gasteiger partial charge is 0.383 e. The van der Waals surface area contributed by atoms with E-state index in [1.165, 1.54) is 12.8 Å². The monoisotopic (exact) mass is 290 g/mol. The van der Waals surface area contributed by atoms with E-state index in [0.717, 1.165) is 38.3 Å². The van der Waals surface area contributed by atoms with Crippen molar-refractivity contribution in [3.63, 3.8) is 0 Å². The number of carbonyl (C=O) groups excluding carboxylic acids is 1. The molecule has 1 atom stereocenters. The molecule has 0 saturated carbocycles. The standard InChI is InChI=1S/C16H26N4O/c1-3-8-18-15-12-17-9-7-14(15)16(21)19-11-13-6-5-10-20(13)4-2/h7,9,12-13,18H,3-6,8,10-11H2,1-2H3,(H,19,21). The topological polar surface area (TPSA) is 57.3 Å². The summed E-state index contributed by atoms with van der Waals surface area (Å²) in [6.07, 6.45) is 6.81. The van der Waals surface area contributed by atoms with Gasteiger partial charge in [-0.1, -0.05) is 13.8 Å². The molecular weight excluding hydrogens is 264 g/mol. The molecule has 1 amide bonds. The number of hydrogen-bond donors (Lipinski definition) is 2. The lowest BCUT2D eigenvalue weighted by molar-refractivity contribution is 0.0942. The molecule has 2 N–H and O–H groups in total. The smallest absolute Gasteiger partial charge is 0.253 e. The molecule has 0 radical (unpaired) electrons. The Morgan fingerprint density at radius 2 is 2.33 bits per heavy atom. The Balaban J connectivity index is 1.94. The van der Waals surface area contributed by atoms with Gasteiger partial charge in [0.25, 0.3) is 5.91 Å². The van der Waals surface area contributed by atoms with Crippen molar-refractivity contribution in [3.05, 3.63) is 24.0 Å². The van der Waals surface area contributed by atoms with Gasteiger partial charge in [0.15, 0.2) is 0 Å². The molecule has 1 unspecified atom stereocenters. The Morgan fingerprint density at radius 3 is 3.10 bits per heavy atom. The van der Waals surface area contributed by atoms with Crippen LogP contribution in [0.2, 0.25) is 0 Å². The van der Waals surface area contributed by atoms with Gasteiger partial charge in [-0.05, 0) is 38.4 Å². The third-order valence-corrected chi connectivity index (χ3v) is 4.03. The first-order chi connectivity index (χ1) is 10.3. The highest BCUT2D eigenvalue weighted by Gasteiger charge is 2.23. The summed E-state index contributed by atoms with van der Waals surface area (Å²) < 4.78 is 0. The van der Waals surface area contributed by atoms with Gasteiger partial charge in [-0.25, -0.2) is 0 Å². The van der Waals surface area contributed by atoms with Crippen molar-refractivity contribution in [2.45, 2.75) is 39.2 Å². The summed E-state index contributed by atoms with van der Waals surface area (Å²) in [5.74, 6) is -0.0149. The van der Waals surface area contributed by atoms with Crippen LogP contribution in [0.5, 0.6) is 0 Å². The zero-order valence-corrected chi connectivity index (χ0v) is 13.1. The van der Waals surface area contributed by atoms with E-state index in [4.69, 9.17) is 0 Å². The van der Waals surface area contributed by atoms with Crippen LogP contribution in [0.15, 0.2) is 18.5 Å². The highest BCUT2D eigenvalue weighted by molar-refractivity contribution is 5.99. The number of hydrogen-bond acceptors (Lipinski definition) is 4. The summed E-state index contributed by atoms with van der Waals surface area (Å²) in [6.45, 7) is 8.05. The van der Waals surface area contributed by atoms with E-state index in [1.54, 1.807) is 18.5 Å². The summed E-state index contributed by atoms with van der Waals surface area (Å²) in [5, 5.41) is 6.33. The number of pyridine rings is 1. The number of amides is 1. The van der Waals surface area contributed by atoms with Crippen LogP contribution in [0.1, 0.15) is 43.5 Å². The minimum Gasteiger partial charge on any atom is -0.383 e. The van der Waals surface area contributed by atoms with Gasteiger partial charge < -0.3 is 10.6 Å². The first-order valence-corrected chi connectivity index (χ1v) is 7.96. The van der Waals surface area contributed by atoms with Gasteiger partial charge in [0.2, 0.25) is 0 Å².